The number of benzene rings is 1. The molecule has 0 aliphatic carbocycles. The van der Waals surface area contributed by atoms with Crippen LogP contribution in [0.25, 0.3) is 10.9 Å². The molecular formula is C23H31N3O2. The number of rotatable bonds is 8. The van der Waals surface area contributed by atoms with E-state index in [1.807, 2.05) is 31.3 Å². The van der Waals surface area contributed by atoms with Crippen molar-refractivity contribution >= 4 is 17.0 Å². The van der Waals surface area contributed by atoms with Crippen molar-refractivity contribution in [2.24, 2.45) is 5.10 Å². The number of fused-ring (bicyclic) bond motifs is 1. The zero-order valence-electron chi connectivity index (χ0n) is 17.2. The lowest BCUT2D eigenvalue weighted by atomic mass is 9.88. The predicted octanol–water partition coefficient (Wildman–Crippen LogP) is 5.06. The number of piperidine rings is 1. The van der Waals surface area contributed by atoms with Gasteiger partial charge in [-0.15, -0.1) is 0 Å². The van der Waals surface area contributed by atoms with Gasteiger partial charge in [0.25, 0.3) is 6.08 Å². The molecule has 1 aromatic heterocycles. The maximum atomic E-state index is 10.9. The van der Waals surface area contributed by atoms with Gasteiger partial charge in [-0.1, -0.05) is 24.2 Å². The Morgan fingerprint density at radius 3 is 2.82 bits per heavy atom. The molecule has 5 heteroatoms. The van der Waals surface area contributed by atoms with E-state index in [-0.39, 0.29) is 0 Å². The van der Waals surface area contributed by atoms with Gasteiger partial charge in [-0.05, 0) is 82.3 Å². The van der Waals surface area contributed by atoms with Crippen LogP contribution in [0.5, 0.6) is 5.75 Å². The van der Waals surface area contributed by atoms with Gasteiger partial charge in [-0.25, -0.2) is 9.47 Å². The summed E-state index contributed by atoms with van der Waals surface area (Å²) >= 11 is 0. The standard InChI is InChI=1S/C23H31N3O2/c1-4-6-7-14-28-20-8-9-23-21(15-20)22(16-26(23)24-17-27)19-10-12-25(13-11-19)18(3)5-2/h4,6,8-9,15-16,18-19H,5,7,10-14H2,1-3H3. The van der Waals surface area contributed by atoms with Gasteiger partial charge in [-0.2, -0.15) is 0 Å². The highest BCUT2D eigenvalue weighted by molar-refractivity contribution is 5.86. The summed E-state index contributed by atoms with van der Waals surface area (Å²) in [6.45, 7) is 9.46. The quantitative estimate of drug-likeness (QED) is 0.278. The van der Waals surface area contributed by atoms with Gasteiger partial charge in [0.1, 0.15) is 5.75 Å². The molecule has 0 N–H and O–H groups in total. The first-order valence-corrected chi connectivity index (χ1v) is 10.4. The smallest absolute Gasteiger partial charge is 0.258 e. The van der Waals surface area contributed by atoms with Gasteiger partial charge < -0.3 is 9.64 Å². The molecule has 0 amide bonds. The lowest BCUT2D eigenvalue weighted by molar-refractivity contribution is 0.158. The van der Waals surface area contributed by atoms with Crippen LogP contribution in [0, 0.1) is 0 Å². The number of aromatic nitrogens is 1. The van der Waals surface area contributed by atoms with Gasteiger partial charge >= 0.3 is 0 Å². The molecule has 28 heavy (non-hydrogen) atoms. The van der Waals surface area contributed by atoms with Crippen LogP contribution >= 0.6 is 0 Å². The molecule has 3 rings (SSSR count). The summed E-state index contributed by atoms with van der Waals surface area (Å²) in [5, 5.41) is 5.00. The van der Waals surface area contributed by atoms with Crippen LogP contribution in [0.3, 0.4) is 0 Å². The van der Waals surface area contributed by atoms with E-state index in [0.717, 1.165) is 49.0 Å². The van der Waals surface area contributed by atoms with E-state index in [9.17, 15) is 4.79 Å². The number of hydrogen-bond acceptors (Lipinski definition) is 4. The summed E-state index contributed by atoms with van der Waals surface area (Å²) in [6, 6.07) is 6.67. The second kappa shape index (κ2) is 9.72. The Hall–Kier alpha value is -2.36. The molecule has 1 fully saturated rings. The van der Waals surface area contributed by atoms with E-state index < -0.39 is 0 Å². The number of hydrogen-bond donors (Lipinski definition) is 0. The second-order valence-corrected chi connectivity index (χ2v) is 7.57. The van der Waals surface area contributed by atoms with E-state index in [4.69, 9.17) is 4.74 Å². The molecule has 1 aliphatic rings. The molecule has 2 heterocycles. The molecule has 0 spiro atoms. The van der Waals surface area contributed by atoms with Crippen LogP contribution in [0.1, 0.15) is 57.9 Å². The highest BCUT2D eigenvalue weighted by Gasteiger charge is 2.25. The first-order valence-electron chi connectivity index (χ1n) is 10.4. The third kappa shape index (κ3) is 4.54. The monoisotopic (exact) mass is 381 g/mol. The van der Waals surface area contributed by atoms with E-state index in [0.29, 0.717) is 18.6 Å². The van der Waals surface area contributed by atoms with E-state index in [1.54, 1.807) is 10.8 Å². The summed E-state index contributed by atoms with van der Waals surface area (Å²) in [5.41, 5.74) is 2.19. The molecule has 5 nitrogen and oxygen atoms in total. The first kappa shape index (κ1) is 20.4. The maximum absolute atomic E-state index is 10.9. The number of nitrogens with zero attached hydrogens (tertiary/aromatic N) is 3. The Bertz CT molecular complexity index is 856. The fourth-order valence-corrected chi connectivity index (χ4v) is 4.08. The van der Waals surface area contributed by atoms with Gasteiger partial charge in [0.15, 0.2) is 0 Å². The fourth-order valence-electron chi connectivity index (χ4n) is 4.08. The Morgan fingerprint density at radius 2 is 2.14 bits per heavy atom. The van der Waals surface area contributed by atoms with Crippen LogP contribution in [0.4, 0.5) is 0 Å². The van der Waals surface area contributed by atoms with Gasteiger partial charge in [-0.3, -0.25) is 0 Å². The number of ether oxygens (including phenoxy) is 1. The van der Waals surface area contributed by atoms with Crippen molar-refractivity contribution < 1.29 is 9.53 Å². The molecule has 1 atom stereocenters. The summed E-state index contributed by atoms with van der Waals surface area (Å²) in [5.74, 6) is 1.34. The molecular weight excluding hydrogens is 350 g/mol. The third-order valence-corrected chi connectivity index (χ3v) is 5.91. The van der Waals surface area contributed by atoms with E-state index >= 15 is 0 Å². The first-order chi connectivity index (χ1) is 13.7. The number of allylic oxidation sites excluding steroid dienone is 1. The zero-order valence-corrected chi connectivity index (χ0v) is 17.2. The predicted molar refractivity (Wildman–Crippen MR) is 114 cm³/mol. The summed E-state index contributed by atoms with van der Waals surface area (Å²) < 4.78 is 7.57. The van der Waals surface area contributed by atoms with Crippen molar-refractivity contribution in [3.63, 3.8) is 0 Å². The van der Waals surface area contributed by atoms with Crippen molar-refractivity contribution in [2.75, 3.05) is 19.7 Å². The van der Waals surface area contributed by atoms with Crippen LogP contribution in [-0.2, 0) is 4.79 Å². The largest absolute Gasteiger partial charge is 0.493 e. The van der Waals surface area contributed by atoms with Crippen LogP contribution in [0.15, 0.2) is 41.6 Å². The Balaban J connectivity index is 1.85. The van der Waals surface area contributed by atoms with Crippen molar-refractivity contribution in [3.05, 3.63) is 42.1 Å². The number of isocyanates is 1. The lowest BCUT2D eigenvalue weighted by Gasteiger charge is -2.35. The SMILES string of the molecule is CC=CCCOc1ccc2c(c1)c(C1CCN(C(C)CC)CC1)cn2N=C=O. The molecule has 0 saturated carbocycles. The van der Waals surface area contributed by atoms with Crippen LogP contribution < -0.4 is 4.74 Å². The normalized spacial score (nSPS) is 17.1. The van der Waals surface area contributed by atoms with Crippen molar-refractivity contribution in [2.45, 2.75) is 58.4 Å². The van der Waals surface area contributed by atoms with Gasteiger partial charge in [0, 0.05) is 17.6 Å². The van der Waals surface area contributed by atoms with Crippen molar-refractivity contribution in [3.8, 4) is 5.75 Å². The maximum Gasteiger partial charge on any atom is 0.258 e. The van der Waals surface area contributed by atoms with Gasteiger partial charge in [0.2, 0.25) is 0 Å². The highest BCUT2D eigenvalue weighted by atomic mass is 16.5. The van der Waals surface area contributed by atoms with Crippen molar-refractivity contribution in [1.82, 2.24) is 9.58 Å². The summed E-state index contributed by atoms with van der Waals surface area (Å²) in [4.78, 5) is 13.5. The molecule has 1 unspecified atom stereocenters. The average molecular weight is 382 g/mol. The molecule has 0 bridgehead atoms. The van der Waals surface area contributed by atoms with E-state index in [2.05, 4.69) is 36.0 Å². The Morgan fingerprint density at radius 1 is 1.36 bits per heavy atom. The minimum Gasteiger partial charge on any atom is -0.493 e. The topological polar surface area (TPSA) is 46.8 Å². The molecule has 1 aromatic carbocycles. The third-order valence-electron chi connectivity index (χ3n) is 5.91. The minimum absolute atomic E-state index is 0.476. The minimum atomic E-state index is 0.476. The molecule has 1 saturated heterocycles. The average Bonchev–Trinajstić information content (AvgIpc) is 3.09. The second-order valence-electron chi connectivity index (χ2n) is 7.57. The van der Waals surface area contributed by atoms with E-state index in [1.165, 1.54) is 12.0 Å². The van der Waals surface area contributed by atoms with Crippen LogP contribution in [0.2, 0.25) is 0 Å². The summed E-state index contributed by atoms with van der Waals surface area (Å²) in [6.07, 6.45) is 12.1. The van der Waals surface area contributed by atoms with Gasteiger partial charge in [0.05, 0.1) is 12.1 Å². The number of likely N-dealkylation sites (tertiary alicyclic amines) is 1. The molecule has 1 aliphatic heterocycles. The van der Waals surface area contributed by atoms with Crippen molar-refractivity contribution in [1.29, 1.82) is 0 Å². The zero-order chi connectivity index (χ0) is 19.9. The molecule has 2 aromatic rings. The lowest BCUT2D eigenvalue weighted by Crippen LogP contribution is -2.39. The number of carbonyl (C=O) groups excluding carboxylic acids is 1. The molecule has 0 radical (unpaired) electrons. The fraction of sp³-hybridized carbons (Fsp3) is 0.522. The summed E-state index contributed by atoms with van der Waals surface area (Å²) in [7, 11) is 0. The highest BCUT2D eigenvalue weighted by Crippen LogP contribution is 2.36. The Kier molecular flexibility index (Phi) is 7.07. The molecule has 150 valence electrons. The Labute approximate surface area is 167 Å². The van der Waals surface area contributed by atoms with Crippen LogP contribution in [-0.4, -0.2) is 41.4 Å².